The molecule has 1 aromatic heterocycles. The Hall–Kier alpha value is -0.343. The Labute approximate surface area is 91.1 Å². The minimum absolute atomic E-state index is 0. The molecule has 1 aromatic rings. The molecule has 4 nitrogen and oxygen atoms in total. The van der Waals surface area contributed by atoms with E-state index in [0.717, 1.165) is 21.9 Å². The van der Waals surface area contributed by atoms with Crippen molar-refractivity contribution in [1.29, 1.82) is 0 Å². The fourth-order valence-electron chi connectivity index (χ4n) is 1.11. The predicted molar refractivity (Wildman–Crippen MR) is 39.8 cm³/mol. The maximum Gasteiger partial charge on any atom is 1.00 e. The smallest absolute Gasteiger partial charge is 0.542 e. The van der Waals surface area contributed by atoms with Crippen molar-refractivity contribution in [3.8, 4) is 0 Å². The Morgan fingerprint density at radius 3 is 3.00 bits per heavy atom. The second-order valence-electron chi connectivity index (χ2n) is 2.48. The number of carbonyl (C=O) groups excluding carboxylic acids is 1. The standard InChI is InChI=1S/C7H7NO3S.Li/c9-7(10)6-8-4-1-2-11-3-5(4)12-6;/h1-3H2,(H,9,10);/q;+1/p-1. The number of carbonyl (C=O) groups is 1. The first kappa shape index (κ1) is 10.7. The molecule has 0 amide bonds. The van der Waals surface area contributed by atoms with E-state index in [9.17, 15) is 9.90 Å². The summed E-state index contributed by atoms with van der Waals surface area (Å²) in [6.45, 7) is 1.11. The van der Waals surface area contributed by atoms with Crippen molar-refractivity contribution < 1.29 is 33.5 Å². The Kier molecular flexibility index (Phi) is 3.51. The van der Waals surface area contributed by atoms with Crippen molar-refractivity contribution in [2.24, 2.45) is 0 Å². The molecule has 0 atom stereocenters. The van der Waals surface area contributed by atoms with Crippen LogP contribution in [-0.2, 0) is 17.8 Å². The summed E-state index contributed by atoms with van der Waals surface area (Å²) >= 11 is 1.15. The number of hydrogen-bond donors (Lipinski definition) is 0. The average molecular weight is 191 g/mol. The summed E-state index contributed by atoms with van der Waals surface area (Å²) in [6, 6.07) is 0. The van der Waals surface area contributed by atoms with Gasteiger partial charge < -0.3 is 14.6 Å². The van der Waals surface area contributed by atoms with Crippen LogP contribution in [-0.4, -0.2) is 17.6 Å². The zero-order chi connectivity index (χ0) is 8.55. The van der Waals surface area contributed by atoms with Gasteiger partial charge in [0.05, 0.1) is 23.8 Å². The summed E-state index contributed by atoms with van der Waals surface area (Å²) in [7, 11) is 0. The quantitative estimate of drug-likeness (QED) is 0.434. The van der Waals surface area contributed by atoms with Crippen LogP contribution in [0.25, 0.3) is 0 Å². The van der Waals surface area contributed by atoms with Crippen molar-refractivity contribution in [3.63, 3.8) is 0 Å². The van der Waals surface area contributed by atoms with Gasteiger partial charge in [-0.05, 0) is 0 Å². The molecule has 0 radical (unpaired) electrons. The molecular weight excluding hydrogens is 185 g/mol. The molecule has 6 heteroatoms. The summed E-state index contributed by atoms with van der Waals surface area (Å²) in [6.07, 6.45) is 0.707. The molecule has 1 aliphatic rings. The molecule has 0 saturated heterocycles. The van der Waals surface area contributed by atoms with Crippen LogP contribution in [0.15, 0.2) is 0 Å². The minimum Gasteiger partial charge on any atom is -0.542 e. The van der Waals surface area contributed by atoms with Gasteiger partial charge in [0, 0.05) is 6.42 Å². The number of carboxylic acids is 1. The van der Waals surface area contributed by atoms with E-state index >= 15 is 0 Å². The summed E-state index contributed by atoms with van der Waals surface area (Å²) in [4.78, 5) is 15.3. The summed E-state index contributed by atoms with van der Waals surface area (Å²) in [5.41, 5.74) is 0.852. The molecule has 64 valence electrons. The number of ether oxygens (including phenoxy) is 1. The maximum absolute atomic E-state index is 10.4. The Balaban J connectivity index is 0.000000845. The van der Waals surface area contributed by atoms with Crippen LogP contribution in [0.4, 0.5) is 0 Å². The Morgan fingerprint density at radius 1 is 1.62 bits per heavy atom. The number of aromatic carboxylic acids is 1. The monoisotopic (exact) mass is 191 g/mol. The number of nitrogens with zero attached hydrogens (tertiary/aromatic N) is 1. The van der Waals surface area contributed by atoms with Gasteiger partial charge in [-0.1, -0.05) is 0 Å². The van der Waals surface area contributed by atoms with Crippen molar-refractivity contribution in [3.05, 3.63) is 15.6 Å². The molecule has 0 saturated carbocycles. The third-order valence-corrected chi connectivity index (χ3v) is 2.72. The number of fused-ring (bicyclic) bond motifs is 1. The van der Waals surface area contributed by atoms with Gasteiger partial charge in [-0.15, -0.1) is 11.3 Å². The topological polar surface area (TPSA) is 62.2 Å². The first-order valence-corrected chi connectivity index (χ1v) is 4.36. The van der Waals surface area contributed by atoms with Gasteiger partial charge in [-0.2, -0.15) is 0 Å². The normalized spacial score (nSPS) is 14.5. The van der Waals surface area contributed by atoms with Gasteiger partial charge >= 0.3 is 18.9 Å². The zero-order valence-corrected chi connectivity index (χ0v) is 8.02. The molecule has 2 heterocycles. The third-order valence-electron chi connectivity index (χ3n) is 1.67. The van der Waals surface area contributed by atoms with Crippen molar-refractivity contribution in [1.82, 2.24) is 4.98 Å². The van der Waals surface area contributed by atoms with Crippen molar-refractivity contribution in [2.45, 2.75) is 13.0 Å². The molecular formula is C7H6LiNO3S. The second-order valence-corrected chi connectivity index (χ2v) is 3.56. The van der Waals surface area contributed by atoms with Gasteiger partial charge in [0.1, 0.15) is 11.0 Å². The van der Waals surface area contributed by atoms with Crippen LogP contribution in [0.2, 0.25) is 0 Å². The molecule has 0 fully saturated rings. The van der Waals surface area contributed by atoms with Gasteiger partial charge in [-0.3, -0.25) is 0 Å². The van der Waals surface area contributed by atoms with E-state index in [2.05, 4.69) is 4.98 Å². The maximum atomic E-state index is 10.4. The van der Waals surface area contributed by atoms with Crippen LogP contribution in [0, 0.1) is 0 Å². The minimum atomic E-state index is -1.20. The molecule has 0 aliphatic carbocycles. The first-order valence-electron chi connectivity index (χ1n) is 3.55. The molecule has 0 aromatic carbocycles. The molecule has 0 unspecified atom stereocenters. The summed E-state index contributed by atoms with van der Waals surface area (Å²) in [5.74, 6) is -1.20. The molecule has 2 rings (SSSR count). The van der Waals surface area contributed by atoms with Gasteiger partial charge in [-0.25, -0.2) is 4.98 Å². The van der Waals surface area contributed by atoms with E-state index in [1.54, 1.807) is 0 Å². The fourth-order valence-corrected chi connectivity index (χ4v) is 1.99. The van der Waals surface area contributed by atoms with Gasteiger partial charge in [0.25, 0.3) is 0 Å². The SMILES string of the molecule is O=C([O-])c1nc2c(s1)COCC2.[Li+]. The van der Waals surface area contributed by atoms with Crippen LogP contribution >= 0.6 is 11.3 Å². The number of aromatic nitrogens is 1. The molecule has 0 N–H and O–H groups in total. The number of hydrogen-bond acceptors (Lipinski definition) is 5. The summed E-state index contributed by atoms with van der Waals surface area (Å²) < 4.78 is 5.15. The van der Waals surface area contributed by atoms with Crippen LogP contribution in [0.3, 0.4) is 0 Å². The third kappa shape index (κ3) is 2.12. The largest absolute Gasteiger partial charge is 1.00 e. The average Bonchev–Trinajstić information content (AvgIpc) is 2.46. The van der Waals surface area contributed by atoms with Crippen molar-refractivity contribution >= 4 is 17.3 Å². The zero-order valence-electron chi connectivity index (χ0n) is 7.20. The molecule has 1 aliphatic heterocycles. The molecule has 13 heavy (non-hydrogen) atoms. The fraction of sp³-hybridized carbons (Fsp3) is 0.429. The van der Waals surface area contributed by atoms with Crippen LogP contribution in [0.5, 0.6) is 0 Å². The van der Waals surface area contributed by atoms with E-state index in [1.165, 1.54) is 0 Å². The van der Waals surface area contributed by atoms with Gasteiger partial charge in [0.2, 0.25) is 0 Å². The number of carboxylic acid groups (broad SMARTS) is 1. The Bertz CT molecular complexity index is 302. The van der Waals surface area contributed by atoms with Crippen molar-refractivity contribution in [2.75, 3.05) is 6.61 Å². The molecule has 0 bridgehead atoms. The number of rotatable bonds is 1. The van der Waals surface area contributed by atoms with E-state index < -0.39 is 5.97 Å². The first-order chi connectivity index (χ1) is 5.77. The second kappa shape index (κ2) is 4.25. The van der Waals surface area contributed by atoms with E-state index in [-0.39, 0.29) is 23.9 Å². The van der Waals surface area contributed by atoms with Gasteiger partial charge in [0.15, 0.2) is 0 Å². The van der Waals surface area contributed by atoms with Crippen LogP contribution < -0.4 is 24.0 Å². The molecule has 0 spiro atoms. The number of thiazole rings is 1. The van der Waals surface area contributed by atoms with E-state index in [1.807, 2.05) is 0 Å². The predicted octanol–water partition coefficient (Wildman–Crippen LogP) is -3.42. The summed E-state index contributed by atoms with van der Waals surface area (Å²) in [5, 5.41) is 10.5. The Morgan fingerprint density at radius 2 is 2.38 bits per heavy atom. The van der Waals surface area contributed by atoms with E-state index in [4.69, 9.17) is 4.74 Å². The van der Waals surface area contributed by atoms with E-state index in [0.29, 0.717) is 19.6 Å². The van der Waals surface area contributed by atoms with Crippen LogP contribution in [0.1, 0.15) is 20.4 Å².